The molecule has 208 valence electrons. The summed E-state index contributed by atoms with van der Waals surface area (Å²) in [6.45, 7) is 9.30. The zero-order valence-electron chi connectivity index (χ0n) is 22.9. The summed E-state index contributed by atoms with van der Waals surface area (Å²) in [5.74, 6) is -0.355. The highest BCUT2D eigenvalue weighted by molar-refractivity contribution is 5.95. The van der Waals surface area contributed by atoms with Crippen LogP contribution in [0, 0.1) is 0 Å². The molecule has 0 aromatic heterocycles. The predicted molar refractivity (Wildman–Crippen MR) is 148 cm³/mol. The van der Waals surface area contributed by atoms with Crippen LogP contribution in [0.3, 0.4) is 0 Å². The fourth-order valence-corrected chi connectivity index (χ4v) is 4.12. The van der Waals surface area contributed by atoms with Gasteiger partial charge in [0.1, 0.15) is 0 Å². The highest BCUT2D eigenvalue weighted by Gasteiger charge is 2.32. The Morgan fingerprint density at radius 3 is 2.44 bits per heavy atom. The molecule has 1 atom stereocenters. The van der Waals surface area contributed by atoms with E-state index in [9.17, 15) is 14.4 Å². The average molecular weight is 538 g/mol. The number of nitrogens with zero attached hydrogens (tertiary/aromatic N) is 2. The van der Waals surface area contributed by atoms with E-state index in [0.29, 0.717) is 22.8 Å². The van der Waals surface area contributed by atoms with E-state index in [2.05, 4.69) is 39.9 Å². The van der Waals surface area contributed by atoms with Crippen molar-refractivity contribution >= 4 is 29.8 Å². The molecule has 1 heterocycles. The molecule has 0 saturated carbocycles. The number of allylic oxidation sites excluding steroid dienone is 1. The minimum Gasteiger partial charge on any atom is -0.493 e. The number of nitrogens with one attached hydrogen (secondary N) is 3. The maximum Gasteiger partial charge on any atom is 0.338 e. The number of ether oxygens (including phenoxy) is 3. The van der Waals surface area contributed by atoms with E-state index in [1.165, 1.54) is 7.11 Å². The number of benzene rings is 2. The summed E-state index contributed by atoms with van der Waals surface area (Å²) in [6, 6.07) is 11.6. The number of hydrogen-bond donors (Lipinski definition) is 3. The Balaban J connectivity index is 1.63. The number of anilines is 1. The monoisotopic (exact) mass is 537 g/mol. The van der Waals surface area contributed by atoms with E-state index < -0.39 is 23.9 Å². The standard InChI is InChI=1S/C28H35N5O6/c1-6-33(7-2)21-12-9-19(10-13-21)16-29-32-24(34)17-39-22-14-11-20(15-23(22)37-5)26-25(27(35)38-8-3)18(4)30-28(36)31-26/h9-16,26H,6-8,17H2,1-5H3,(H,32,34)(H2,30,31,36)/b29-16-/t26-/m0/s1. The third-order valence-corrected chi connectivity index (χ3v) is 6.07. The summed E-state index contributed by atoms with van der Waals surface area (Å²) in [5, 5.41) is 9.33. The molecular weight excluding hydrogens is 502 g/mol. The number of hydrazone groups is 1. The summed E-state index contributed by atoms with van der Waals surface area (Å²) in [7, 11) is 1.45. The van der Waals surface area contributed by atoms with Crippen LogP contribution in [0.4, 0.5) is 10.5 Å². The molecule has 1 aliphatic rings. The average Bonchev–Trinajstić information content (AvgIpc) is 2.93. The molecule has 0 saturated heterocycles. The normalized spacial score (nSPS) is 14.9. The molecule has 0 spiro atoms. The van der Waals surface area contributed by atoms with E-state index in [1.807, 2.05) is 24.3 Å². The second-order valence-electron chi connectivity index (χ2n) is 8.55. The molecule has 0 unspecified atom stereocenters. The van der Waals surface area contributed by atoms with Crippen molar-refractivity contribution in [2.24, 2.45) is 5.10 Å². The molecule has 39 heavy (non-hydrogen) atoms. The minimum atomic E-state index is -0.750. The van der Waals surface area contributed by atoms with Crippen molar-refractivity contribution in [3.63, 3.8) is 0 Å². The lowest BCUT2D eigenvalue weighted by Gasteiger charge is -2.28. The lowest BCUT2D eigenvalue weighted by molar-refractivity contribution is -0.139. The quantitative estimate of drug-likeness (QED) is 0.215. The molecule has 0 radical (unpaired) electrons. The van der Waals surface area contributed by atoms with Gasteiger partial charge in [-0.2, -0.15) is 5.10 Å². The Bertz CT molecular complexity index is 1240. The summed E-state index contributed by atoms with van der Waals surface area (Å²) in [6.07, 6.45) is 1.56. The Morgan fingerprint density at radius 1 is 1.08 bits per heavy atom. The highest BCUT2D eigenvalue weighted by Crippen LogP contribution is 2.34. The molecule has 0 bridgehead atoms. The van der Waals surface area contributed by atoms with Crippen molar-refractivity contribution in [2.45, 2.75) is 33.7 Å². The van der Waals surface area contributed by atoms with Crippen LogP contribution < -0.4 is 30.4 Å². The number of urea groups is 1. The Morgan fingerprint density at radius 2 is 1.79 bits per heavy atom. The number of esters is 1. The van der Waals surface area contributed by atoms with E-state index in [1.54, 1.807) is 38.3 Å². The van der Waals surface area contributed by atoms with Gasteiger partial charge in [-0.25, -0.2) is 15.0 Å². The van der Waals surface area contributed by atoms with Crippen LogP contribution in [0.1, 0.15) is 44.9 Å². The van der Waals surface area contributed by atoms with Crippen LogP contribution in [0.5, 0.6) is 11.5 Å². The Kier molecular flexibility index (Phi) is 10.3. The number of carbonyl (C=O) groups is 3. The molecule has 3 rings (SSSR count). The molecule has 1 aliphatic heterocycles. The maximum atomic E-state index is 12.6. The van der Waals surface area contributed by atoms with Crippen LogP contribution in [0.15, 0.2) is 58.8 Å². The van der Waals surface area contributed by atoms with Crippen molar-refractivity contribution in [1.29, 1.82) is 0 Å². The van der Waals surface area contributed by atoms with Crippen molar-refractivity contribution in [1.82, 2.24) is 16.1 Å². The number of methoxy groups -OCH3 is 1. The van der Waals surface area contributed by atoms with Crippen molar-refractivity contribution in [3.8, 4) is 11.5 Å². The first-order chi connectivity index (χ1) is 18.8. The van der Waals surface area contributed by atoms with Gasteiger partial charge < -0.3 is 29.7 Å². The van der Waals surface area contributed by atoms with Gasteiger partial charge >= 0.3 is 12.0 Å². The van der Waals surface area contributed by atoms with Crippen LogP contribution in [-0.2, 0) is 14.3 Å². The van der Waals surface area contributed by atoms with E-state index >= 15 is 0 Å². The summed E-state index contributed by atoms with van der Waals surface area (Å²) >= 11 is 0. The summed E-state index contributed by atoms with van der Waals surface area (Å²) in [4.78, 5) is 39.2. The second-order valence-corrected chi connectivity index (χ2v) is 8.55. The van der Waals surface area contributed by atoms with Crippen molar-refractivity contribution in [3.05, 3.63) is 64.9 Å². The number of rotatable bonds is 12. The SMILES string of the molecule is CCOC(=O)C1=C(C)NC(=O)N[C@H]1c1ccc(OCC(=O)N/N=C\c2ccc(N(CC)CC)cc2)c(OC)c1. The molecule has 3 amide bonds. The van der Waals surface area contributed by atoms with Crippen LogP contribution >= 0.6 is 0 Å². The first kappa shape index (κ1) is 29.0. The van der Waals surface area contributed by atoms with Gasteiger partial charge in [0.05, 0.1) is 31.5 Å². The largest absolute Gasteiger partial charge is 0.493 e. The maximum absolute atomic E-state index is 12.6. The second kappa shape index (κ2) is 13.8. The van der Waals surface area contributed by atoms with Gasteiger partial charge in [-0.3, -0.25) is 4.79 Å². The summed E-state index contributed by atoms with van der Waals surface area (Å²) < 4.78 is 16.2. The first-order valence-electron chi connectivity index (χ1n) is 12.7. The number of hydrogen-bond acceptors (Lipinski definition) is 8. The van der Waals surface area contributed by atoms with Crippen LogP contribution in [-0.4, -0.2) is 57.5 Å². The van der Waals surface area contributed by atoms with Gasteiger partial charge in [-0.05, 0) is 63.1 Å². The van der Waals surface area contributed by atoms with Crippen molar-refractivity contribution < 1.29 is 28.6 Å². The minimum absolute atomic E-state index is 0.196. The fraction of sp³-hybridized carbons (Fsp3) is 0.357. The predicted octanol–water partition coefficient (Wildman–Crippen LogP) is 3.26. The van der Waals surface area contributed by atoms with E-state index in [0.717, 1.165) is 24.3 Å². The van der Waals surface area contributed by atoms with Gasteiger partial charge in [-0.1, -0.05) is 18.2 Å². The summed E-state index contributed by atoms with van der Waals surface area (Å²) in [5.41, 5.74) is 5.68. The van der Waals surface area contributed by atoms with Gasteiger partial charge in [0.2, 0.25) is 0 Å². The van der Waals surface area contributed by atoms with E-state index in [4.69, 9.17) is 14.2 Å². The number of carbonyl (C=O) groups excluding carboxylic acids is 3. The zero-order chi connectivity index (χ0) is 28.4. The molecule has 0 aliphatic carbocycles. The van der Waals surface area contributed by atoms with Gasteiger partial charge in [0.25, 0.3) is 5.91 Å². The molecule has 3 N–H and O–H groups in total. The highest BCUT2D eigenvalue weighted by atomic mass is 16.5. The first-order valence-corrected chi connectivity index (χ1v) is 12.7. The van der Waals surface area contributed by atoms with Gasteiger partial charge in [-0.15, -0.1) is 0 Å². The molecule has 2 aromatic rings. The van der Waals surface area contributed by atoms with Gasteiger partial charge in [0, 0.05) is 24.5 Å². The third kappa shape index (κ3) is 7.50. The zero-order valence-corrected chi connectivity index (χ0v) is 22.9. The number of amides is 3. The lowest BCUT2D eigenvalue weighted by Crippen LogP contribution is -2.45. The van der Waals surface area contributed by atoms with Crippen LogP contribution in [0.2, 0.25) is 0 Å². The molecule has 11 heteroatoms. The van der Waals surface area contributed by atoms with Gasteiger partial charge in [0.15, 0.2) is 18.1 Å². The lowest BCUT2D eigenvalue weighted by atomic mass is 9.95. The molecular formula is C28H35N5O6. The van der Waals surface area contributed by atoms with Crippen LogP contribution in [0.25, 0.3) is 0 Å². The molecule has 2 aromatic carbocycles. The Labute approximate surface area is 228 Å². The molecule has 0 fully saturated rings. The Hall–Kier alpha value is -4.54. The van der Waals surface area contributed by atoms with Crippen molar-refractivity contribution in [2.75, 3.05) is 38.3 Å². The third-order valence-electron chi connectivity index (χ3n) is 6.07. The fourth-order valence-electron chi connectivity index (χ4n) is 4.12. The smallest absolute Gasteiger partial charge is 0.338 e. The topological polar surface area (TPSA) is 131 Å². The van der Waals surface area contributed by atoms with E-state index in [-0.39, 0.29) is 18.8 Å². The molecule has 11 nitrogen and oxygen atoms in total.